The highest BCUT2D eigenvalue weighted by Crippen LogP contribution is 2.45. The number of Topliss-reactive ketones (excluding diaryl/α,β-unsaturated/α-hetero) is 1. The van der Waals surface area contributed by atoms with Gasteiger partial charge >= 0.3 is 0 Å². The predicted molar refractivity (Wildman–Crippen MR) is 120 cm³/mol. The van der Waals surface area contributed by atoms with Crippen molar-refractivity contribution >= 4 is 17.6 Å². The van der Waals surface area contributed by atoms with Gasteiger partial charge in [-0.25, -0.2) is 0 Å². The molecule has 5 nitrogen and oxygen atoms in total. The van der Waals surface area contributed by atoms with Crippen LogP contribution in [0.5, 0.6) is 0 Å². The average molecular weight is 419 g/mol. The van der Waals surface area contributed by atoms with Gasteiger partial charge < -0.3 is 9.80 Å². The van der Waals surface area contributed by atoms with Gasteiger partial charge in [-0.2, -0.15) is 0 Å². The van der Waals surface area contributed by atoms with E-state index in [0.717, 1.165) is 11.1 Å². The van der Waals surface area contributed by atoms with Gasteiger partial charge in [0.15, 0.2) is 5.78 Å². The number of fused-ring (bicyclic) bond motifs is 2. The van der Waals surface area contributed by atoms with Crippen molar-refractivity contribution in [3.63, 3.8) is 0 Å². The van der Waals surface area contributed by atoms with Crippen LogP contribution in [0.1, 0.15) is 52.1 Å². The molecule has 162 valence electrons. The molecule has 2 aliphatic rings. The molecule has 2 heterocycles. The molecule has 0 radical (unpaired) electrons. The second kappa shape index (κ2) is 7.63. The SMILES string of the molecule is CCC12CN(C(=O)c3cccc(C)c3)CC(C)(CN(C(=O)c3cccc(C)c3)C1)C2=O. The van der Waals surface area contributed by atoms with Crippen LogP contribution in [0.4, 0.5) is 0 Å². The van der Waals surface area contributed by atoms with Crippen molar-refractivity contribution in [3.05, 3.63) is 70.8 Å². The Balaban J connectivity index is 1.65. The lowest BCUT2D eigenvalue weighted by Gasteiger charge is -2.56. The highest BCUT2D eigenvalue weighted by atomic mass is 16.2. The van der Waals surface area contributed by atoms with E-state index in [1.807, 2.05) is 86.0 Å². The van der Waals surface area contributed by atoms with Gasteiger partial charge in [0.1, 0.15) is 0 Å². The number of carbonyl (C=O) groups is 3. The lowest BCUT2D eigenvalue weighted by atomic mass is 9.62. The molecule has 2 amide bonds. The lowest BCUT2D eigenvalue weighted by Crippen LogP contribution is -2.70. The first-order valence-corrected chi connectivity index (χ1v) is 10.9. The topological polar surface area (TPSA) is 57.7 Å². The number of carbonyl (C=O) groups excluding carboxylic acids is 3. The molecule has 0 atom stereocenters. The predicted octanol–water partition coefficient (Wildman–Crippen LogP) is 3.89. The highest BCUT2D eigenvalue weighted by molar-refractivity contribution is 6.01. The van der Waals surface area contributed by atoms with E-state index in [4.69, 9.17) is 0 Å². The zero-order valence-corrected chi connectivity index (χ0v) is 18.8. The fourth-order valence-corrected chi connectivity index (χ4v) is 5.31. The molecule has 2 bridgehead atoms. The number of nitrogens with zero attached hydrogens (tertiary/aromatic N) is 2. The molecular formula is C26H30N2O3. The normalized spacial score (nSPS) is 25.5. The summed E-state index contributed by atoms with van der Waals surface area (Å²) in [6.45, 7) is 9.19. The van der Waals surface area contributed by atoms with Gasteiger partial charge in [0.2, 0.25) is 0 Å². The molecule has 0 saturated carbocycles. The number of hydrogen-bond acceptors (Lipinski definition) is 3. The number of amides is 2. The average Bonchev–Trinajstić information content (AvgIpc) is 2.74. The number of aryl methyl sites for hydroxylation is 2. The van der Waals surface area contributed by atoms with E-state index >= 15 is 0 Å². The fraction of sp³-hybridized carbons (Fsp3) is 0.423. The van der Waals surface area contributed by atoms with E-state index in [1.165, 1.54) is 0 Å². The second-order valence-electron chi connectivity index (χ2n) is 9.59. The first-order valence-electron chi connectivity index (χ1n) is 10.9. The summed E-state index contributed by atoms with van der Waals surface area (Å²) < 4.78 is 0. The largest absolute Gasteiger partial charge is 0.337 e. The Morgan fingerprint density at radius 2 is 1.29 bits per heavy atom. The van der Waals surface area contributed by atoms with Crippen molar-refractivity contribution in [3.8, 4) is 0 Å². The zero-order valence-electron chi connectivity index (χ0n) is 18.8. The van der Waals surface area contributed by atoms with Crippen molar-refractivity contribution in [2.24, 2.45) is 10.8 Å². The summed E-state index contributed by atoms with van der Waals surface area (Å²) in [7, 11) is 0. The number of benzene rings is 2. The molecule has 0 N–H and O–H groups in total. The van der Waals surface area contributed by atoms with Crippen LogP contribution in [0.25, 0.3) is 0 Å². The Kier molecular flexibility index (Phi) is 5.24. The Bertz CT molecular complexity index is 989. The van der Waals surface area contributed by atoms with Crippen LogP contribution < -0.4 is 0 Å². The smallest absolute Gasteiger partial charge is 0.253 e. The Morgan fingerprint density at radius 3 is 1.68 bits per heavy atom. The summed E-state index contributed by atoms with van der Waals surface area (Å²) in [5.74, 6) is 0.0986. The quantitative estimate of drug-likeness (QED) is 0.760. The van der Waals surface area contributed by atoms with E-state index < -0.39 is 10.8 Å². The molecule has 2 aliphatic heterocycles. The molecule has 4 rings (SSSR count). The monoisotopic (exact) mass is 418 g/mol. The number of rotatable bonds is 3. The molecule has 0 aliphatic carbocycles. The van der Waals surface area contributed by atoms with Crippen LogP contribution in [0, 0.1) is 24.7 Å². The third-order valence-electron chi connectivity index (χ3n) is 6.88. The van der Waals surface area contributed by atoms with Crippen LogP contribution in [-0.2, 0) is 4.79 Å². The summed E-state index contributed by atoms with van der Waals surface area (Å²) in [4.78, 5) is 43.8. The van der Waals surface area contributed by atoms with E-state index in [9.17, 15) is 14.4 Å². The van der Waals surface area contributed by atoms with Crippen LogP contribution in [0.15, 0.2) is 48.5 Å². The minimum Gasteiger partial charge on any atom is -0.337 e. The maximum Gasteiger partial charge on any atom is 0.253 e. The van der Waals surface area contributed by atoms with Gasteiger partial charge in [-0.1, -0.05) is 42.3 Å². The Labute approximate surface area is 184 Å². The zero-order chi connectivity index (χ0) is 22.4. The molecule has 0 unspecified atom stereocenters. The van der Waals surface area contributed by atoms with Crippen LogP contribution in [0.2, 0.25) is 0 Å². The van der Waals surface area contributed by atoms with Gasteiger partial charge in [0.05, 0.1) is 10.8 Å². The maximum absolute atomic E-state index is 13.5. The third kappa shape index (κ3) is 3.67. The summed E-state index contributed by atoms with van der Waals surface area (Å²) >= 11 is 0. The van der Waals surface area contributed by atoms with Gasteiger partial charge in [0.25, 0.3) is 11.8 Å². The number of hydrogen-bond donors (Lipinski definition) is 0. The van der Waals surface area contributed by atoms with Gasteiger partial charge in [-0.05, 0) is 51.5 Å². The highest BCUT2D eigenvalue weighted by Gasteiger charge is 2.58. The van der Waals surface area contributed by atoms with Crippen LogP contribution in [0.3, 0.4) is 0 Å². The minimum atomic E-state index is -0.772. The third-order valence-corrected chi connectivity index (χ3v) is 6.88. The van der Waals surface area contributed by atoms with Crippen molar-refractivity contribution < 1.29 is 14.4 Å². The fourth-order valence-electron chi connectivity index (χ4n) is 5.31. The first kappa shape index (κ1) is 21.3. The summed E-state index contributed by atoms with van der Waals surface area (Å²) in [6, 6.07) is 15.2. The summed E-state index contributed by atoms with van der Waals surface area (Å²) in [6.07, 6.45) is 0.594. The molecule has 31 heavy (non-hydrogen) atoms. The maximum atomic E-state index is 13.5. The van der Waals surface area contributed by atoms with Crippen molar-refractivity contribution in [1.29, 1.82) is 0 Å². The standard InChI is InChI=1S/C26H30N2O3/c1-5-26-16-27(22(29)20-10-6-8-18(2)12-20)14-25(4,24(26)31)15-28(17-26)23(30)21-11-7-9-19(3)13-21/h6-13H,5,14-17H2,1-4H3. The second-order valence-corrected chi connectivity index (χ2v) is 9.59. The number of piperidine rings is 2. The number of ketones is 1. The lowest BCUT2D eigenvalue weighted by molar-refractivity contribution is -0.155. The summed E-state index contributed by atoms with van der Waals surface area (Å²) in [5, 5.41) is 0. The van der Waals surface area contributed by atoms with E-state index in [2.05, 4.69) is 0 Å². The summed E-state index contributed by atoms with van der Waals surface area (Å²) in [5.41, 5.74) is 1.86. The Hall–Kier alpha value is -2.95. The van der Waals surface area contributed by atoms with Gasteiger partial charge in [-0.15, -0.1) is 0 Å². The van der Waals surface area contributed by atoms with E-state index in [1.54, 1.807) is 0 Å². The molecule has 2 aromatic carbocycles. The molecule has 0 aromatic heterocycles. The van der Waals surface area contributed by atoms with E-state index in [0.29, 0.717) is 43.7 Å². The van der Waals surface area contributed by atoms with Crippen molar-refractivity contribution in [2.75, 3.05) is 26.2 Å². The molecule has 0 spiro atoms. The molecule has 2 fully saturated rings. The van der Waals surface area contributed by atoms with Gasteiger partial charge in [-0.3, -0.25) is 14.4 Å². The van der Waals surface area contributed by atoms with Crippen LogP contribution >= 0.6 is 0 Å². The molecule has 2 saturated heterocycles. The van der Waals surface area contributed by atoms with Crippen LogP contribution in [-0.4, -0.2) is 53.6 Å². The van der Waals surface area contributed by atoms with Crippen molar-refractivity contribution in [1.82, 2.24) is 9.80 Å². The Morgan fingerprint density at radius 1 is 0.839 bits per heavy atom. The molecule has 2 aromatic rings. The molecular weight excluding hydrogens is 388 g/mol. The number of likely N-dealkylation sites (tertiary alicyclic amines) is 2. The van der Waals surface area contributed by atoms with Crippen molar-refractivity contribution in [2.45, 2.75) is 34.1 Å². The molecule has 5 heteroatoms. The van der Waals surface area contributed by atoms with E-state index in [-0.39, 0.29) is 17.6 Å². The minimum absolute atomic E-state index is 0.0429. The first-order chi connectivity index (χ1) is 14.7. The van der Waals surface area contributed by atoms with Gasteiger partial charge in [0, 0.05) is 37.3 Å².